The summed E-state index contributed by atoms with van der Waals surface area (Å²) >= 11 is 0. The highest BCUT2D eigenvalue weighted by Crippen LogP contribution is 2.31. The second-order valence-corrected chi connectivity index (χ2v) is 5.58. The van der Waals surface area contributed by atoms with Crippen molar-refractivity contribution in [1.29, 1.82) is 0 Å². The number of rotatable bonds is 4. The summed E-state index contributed by atoms with van der Waals surface area (Å²) < 4.78 is 10.8. The average molecular weight is 247 g/mol. The van der Waals surface area contributed by atoms with Gasteiger partial charge in [0.1, 0.15) is 11.3 Å². The predicted molar refractivity (Wildman–Crippen MR) is 73.9 cm³/mol. The Bertz CT molecular complexity index is 540. The first-order chi connectivity index (χ1) is 8.44. The van der Waals surface area contributed by atoms with Crippen LogP contribution in [0.4, 0.5) is 0 Å². The van der Waals surface area contributed by atoms with E-state index in [1.54, 1.807) is 7.11 Å². The number of hydrogen-bond acceptors (Lipinski definition) is 3. The molecule has 3 heteroatoms. The van der Waals surface area contributed by atoms with Crippen LogP contribution in [0, 0.1) is 5.41 Å². The van der Waals surface area contributed by atoms with Crippen LogP contribution in [0.3, 0.4) is 0 Å². The molecule has 0 amide bonds. The molecule has 1 atom stereocenters. The summed E-state index contributed by atoms with van der Waals surface area (Å²) in [6.45, 7) is 6.41. The van der Waals surface area contributed by atoms with Gasteiger partial charge in [-0.05, 0) is 36.5 Å². The first-order valence-corrected chi connectivity index (χ1v) is 6.24. The Hall–Kier alpha value is -1.48. The van der Waals surface area contributed by atoms with Gasteiger partial charge in [0.05, 0.1) is 13.4 Å². The summed E-state index contributed by atoms with van der Waals surface area (Å²) in [6, 6.07) is 6.06. The van der Waals surface area contributed by atoms with Crippen molar-refractivity contribution in [2.24, 2.45) is 11.1 Å². The molecule has 2 N–H and O–H groups in total. The van der Waals surface area contributed by atoms with Gasteiger partial charge in [0, 0.05) is 17.5 Å². The number of hydrogen-bond donors (Lipinski definition) is 1. The lowest BCUT2D eigenvalue weighted by Gasteiger charge is -2.28. The van der Waals surface area contributed by atoms with Crippen molar-refractivity contribution >= 4 is 11.0 Å². The van der Waals surface area contributed by atoms with Crippen LogP contribution in [0.5, 0.6) is 5.75 Å². The van der Waals surface area contributed by atoms with Gasteiger partial charge in [-0.1, -0.05) is 13.8 Å². The van der Waals surface area contributed by atoms with Crippen molar-refractivity contribution in [1.82, 2.24) is 0 Å². The zero-order chi connectivity index (χ0) is 13.3. The van der Waals surface area contributed by atoms with E-state index in [1.807, 2.05) is 31.4 Å². The third-order valence-electron chi connectivity index (χ3n) is 3.74. The summed E-state index contributed by atoms with van der Waals surface area (Å²) in [5.74, 6) is 0.815. The molecular weight excluding hydrogens is 226 g/mol. The molecule has 1 aromatic heterocycles. The second-order valence-electron chi connectivity index (χ2n) is 5.58. The van der Waals surface area contributed by atoms with Crippen LogP contribution in [0.1, 0.15) is 26.3 Å². The molecular formula is C15H21NO2. The Morgan fingerprint density at radius 3 is 2.72 bits per heavy atom. The summed E-state index contributed by atoms with van der Waals surface area (Å²) in [7, 11) is 1.66. The topological polar surface area (TPSA) is 48.4 Å². The zero-order valence-corrected chi connectivity index (χ0v) is 11.5. The molecule has 2 rings (SSSR count). The molecule has 0 saturated heterocycles. The fourth-order valence-electron chi connectivity index (χ4n) is 1.98. The van der Waals surface area contributed by atoms with Crippen molar-refractivity contribution in [2.45, 2.75) is 33.2 Å². The highest BCUT2D eigenvalue weighted by Gasteiger charge is 2.25. The number of furan rings is 1. The van der Waals surface area contributed by atoms with Crippen LogP contribution < -0.4 is 10.5 Å². The largest absolute Gasteiger partial charge is 0.497 e. The summed E-state index contributed by atoms with van der Waals surface area (Å²) in [6.07, 6.45) is 2.73. The minimum absolute atomic E-state index is 0.0523. The maximum Gasteiger partial charge on any atom is 0.137 e. The SMILES string of the molecule is COc1ccc2c(CC(C)(C)[C@H](C)N)coc2c1. The van der Waals surface area contributed by atoms with Crippen LogP contribution in [-0.2, 0) is 6.42 Å². The Labute approximate surface area is 108 Å². The molecule has 2 aromatic rings. The fourth-order valence-corrected chi connectivity index (χ4v) is 1.98. The molecule has 0 radical (unpaired) electrons. The molecule has 0 aliphatic rings. The van der Waals surface area contributed by atoms with Gasteiger partial charge >= 0.3 is 0 Å². The number of nitrogens with two attached hydrogens (primary N) is 1. The Morgan fingerprint density at radius 1 is 1.39 bits per heavy atom. The van der Waals surface area contributed by atoms with E-state index in [0.29, 0.717) is 0 Å². The molecule has 0 aliphatic carbocycles. The minimum atomic E-state index is 0.0523. The smallest absolute Gasteiger partial charge is 0.137 e. The van der Waals surface area contributed by atoms with Gasteiger partial charge in [0.15, 0.2) is 0 Å². The molecule has 0 fully saturated rings. The normalized spacial score (nSPS) is 13.8. The van der Waals surface area contributed by atoms with E-state index >= 15 is 0 Å². The third-order valence-corrected chi connectivity index (χ3v) is 3.74. The van der Waals surface area contributed by atoms with Crippen molar-refractivity contribution < 1.29 is 9.15 Å². The van der Waals surface area contributed by atoms with Crippen LogP contribution in [0.25, 0.3) is 11.0 Å². The van der Waals surface area contributed by atoms with E-state index in [1.165, 1.54) is 5.56 Å². The lowest BCUT2D eigenvalue weighted by atomic mass is 9.80. The Kier molecular flexibility index (Phi) is 3.35. The second kappa shape index (κ2) is 4.65. The van der Waals surface area contributed by atoms with E-state index in [4.69, 9.17) is 14.9 Å². The Balaban J connectivity index is 2.35. The first-order valence-electron chi connectivity index (χ1n) is 6.24. The standard InChI is InChI=1S/C15H21NO2/c1-10(16)15(2,3)8-11-9-18-14-7-12(17-4)5-6-13(11)14/h5-7,9-10H,8,16H2,1-4H3/t10-/m0/s1. The van der Waals surface area contributed by atoms with Crippen LogP contribution in [0.15, 0.2) is 28.9 Å². The van der Waals surface area contributed by atoms with E-state index < -0.39 is 0 Å². The van der Waals surface area contributed by atoms with E-state index in [0.717, 1.165) is 23.1 Å². The molecule has 0 bridgehead atoms. The van der Waals surface area contributed by atoms with Gasteiger partial charge in [-0.2, -0.15) is 0 Å². The van der Waals surface area contributed by atoms with Gasteiger partial charge in [0.25, 0.3) is 0 Å². The molecule has 1 heterocycles. The van der Waals surface area contributed by atoms with Gasteiger partial charge in [-0.15, -0.1) is 0 Å². The van der Waals surface area contributed by atoms with Crippen molar-refractivity contribution in [3.8, 4) is 5.75 Å². The lowest BCUT2D eigenvalue weighted by molar-refractivity contribution is 0.299. The van der Waals surface area contributed by atoms with Gasteiger partial charge < -0.3 is 14.9 Å². The van der Waals surface area contributed by atoms with Crippen molar-refractivity contribution in [3.63, 3.8) is 0 Å². The summed E-state index contributed by atoms with van der Waals surface area (Å²) in [4.78, 5) is 0. The number of benzene rings is 1. The molecule has 0 unspecified atom stereocenters. The molecule has 98 valence electrons. The van der Waals surface area contributed by atoms with E-state index in [2.05, 4.69) is 13.8 Å². The molecule has 0 saturated carbocycles. The van der Waals surface area contributed by atoms with Crippen LogP contribution in [-0.4, -0.2) is 13.2 Å². The number of methoxy groups -OCH3 is 1. The van der Waals surface area contributed by atoms with Crippen LogP contribution in [0.2, 0.25) is 0 Å². The summed E-state index contributed by atoms with van der Waals surface area (Å²) in [5.41, 5.74) is 8.15. The minimum Gasteiger partial charge on any atom is -0.497 e. The molecule has 1 aromatic carbocycles. The van der Waals surface area contributed by atoms with Gasteiger partial charge in [-0.25, -0.2) is 0 Å². The van der Waals surface area contributed by atoms with E-state index in [9.17, 15) is 0 Å². The van der Waals surface area contributed by atoms with Crippen LogP contribution >= 0.6 is 0 Å². The monoisotopic (exact) mass is 247 g/mol. The van der Waals surface area contributed by atoms with Crippen molar-refractivity contribution in [3.05, 3.63) is 30.0 Å². The molecule has 3 nitrogen and oxygen atoms in total. The van der Waals surface area contributed by atoms with Gasteiger partial charge in [0.2, 0.25) is 0 Å². The van der Waals surface area contributed by atoms with E-state index in [-0.39, 0.29) is 11.5 Å². The molecule has 0 spiro atoms. The lowest BCUT2D eigenvalue weighted by Crippen LogP contribution is -2.36. The number of fused-ring (bicyclic) bond motifs is 1. The fraction of sp³-hybridized carbons (Fsp3) is 0.467. The molecule has 18 heavy (non-hydrogen) atoms. The Morgan fingerprint density at radius 2 is 2.11 bits per heavy atom. The molecule has 0 aliphatic heterocycles. The van der Waals surface area contributed by atoms with Crippen molar-refractivity contribution in [2.75, 3.05) is 7.11 Å². The summed E-state index contributed by atoms with van der Waals surface area (Å²) in [5, 5.41) is 1.14. The zero-order valence-electron chi connectivity index (χ0n) is 11.5. The number of ether oxygens (including phenoxy) is 1. The highest BCUT2D eigenvalue weighted by atomic mass is 16.5. The third kappa shape index (κ3) is 2.36. The maximum atomic E-state index is 6.03. The maximum absolute atomic E-state index is 6.03. The predicted octanol–water partition coefficient (Wildman–Crippen LogP) is 3.36. The average Bonchev–Trinajstić information content (AvgIpc) is 2.71. The first kappa shape index (κ1) is 13.0. The van der Waals surface area contributed by atoms with Gasteiger partial charge in [-0.3, -0.25) is 0 Å². The quantitative estimate of drug-likeness (QED) is 0.901. The highest BCUT2D eigenvalue weighted by molar-refractivity contribution is 5.82.